The molecule has 1 saturated heterocycles. The fourth-order valence-corrected chi connectivity index (χ4v) is 4.94. The smallest absolute Gasteiger partial charge is 0.312 e. The number of hydrogen-bond donors (Lipinski definition) is 6. The molecule has 14 nitrogen and oxygen atoms in total. The molecule has 0 aliphatic carbocycles. The average Bonchev–Trinajstić information content (AvgIpc) is 4.07. The van der Waals surface area contributed by atoms with E-state index in [0.717, 1.165) is 32.3 Å². The van der Waals surface area contributed by atoms with Crippen molar-refractivity contribution in [3.8, 4) is 23.0 Å². The number of hydrogen-bond acceptors (Lipinski definition) is 13. The lowest BCUT2D eigenvalue weighted by Crippen LogP contribution is -2.33. The number of carbonyl (C=O) groups excluding carboxylic acids is 3. The van der Waals surface area contributed by atoms with Gasteiger partial charge in [-0.2, -0.15) is 0 Å². The second kappa shape index (κ2) is 40.9. The predicted octanol–water partition coefficient (Wildman–Crippen LogP) is 12.9. The number of ether oxygens (including phenoxy) is 4. The third-order valence-corrected chi connectivity index (χ3v) is 10.4. The van der Waals surface area contributed by atoms with Crippen LogP contribution in [-0.4, -0.2) is 93.2 Å². The highest BCUT2D eigenvalue weighted by Gasteiger charge is 2.34. The van der Waals surface area contributed by atoms with Crippen molar-refractivity contribution in [2.75, 3.05) is 26.4 Å². The summed E-state index contributed by atoms with van der Waals surface area (Å²) in [5, 5.41) is 55.1. The van der Waals surface area contributed by atoms with Gasteiger partial charge >= 0.3 is 23.9 Å². The first-order valence-corrected chi connectivity index (χ1v) is 20.6. The summed E-state index contributed by atoms with van der Waals surface area (Å²) in [4.78, 5) is 46.5. The van der Waals surface area contributed by atoms with Gasteiger partial charge in [-0.3, -0.25) is 19.2 Å². The van der Waals surface area contributed by atoms with E-state index < -0.39 is 28.9 Å². The van der Waals surface area contributed by atoms with E-state index in [1.807, 2.05) is 40.7 Å². The maximum absolute atomic E-state index is 12.4. The van der Waals surface area contributed by atoms with Crippen LogP contribution in [0.4, 0.5) is 0 Å². The molecule has 0 amide bonds. The van der Waals surface area contributed by atoms with Gasteiger partial charge in [0.05, 0.1) is 17.4 Å². The zero-order valence-electron chi connectivity index (χ0n) is 36.6. The summed E-state index contributed by atoms with van der Waals surface area (Å²) in [5.41, 5.74) is 2.83. The summed E-state index contributed by atoms with van der Waals surface area (Å²) in [7, 11) is 0. The topological polar surface area (TPSA) is 230 Å². The number of carboxylic acid groups (broad SMARTS) is 1. The Hall–Kier alpha value is -5.08. The number of epoxide rings is 1. The van der Waals surface area contributed by atoms with Gasteiger partial charge in [0.25, 0.3) is 0 Å². The van der Waals surface area contributed by atoms with Crippen molar-refractivity contribution < 1.29 is 68.8 Å². The number of aliphatic hydroxyl groups excluding tert-OH is 1. The van der Waals surface area contributed by atoms with E-state index in [4.69, 9.17) is 34.3 Å². The Balaban J connectivity index is -0.000000136. The lowest BCUT2D eigenvalue weighted by Gasteiger charge is -2.25. The molecule has 2 aromatic rings. The molecule has 6 N–H and O–H groups in total. The maximum Gasteiger partial charge on any atom is 0.312 e. The number of allylic oxidation sites excluding steroid dienone is 4. The molecule has 1 aliphatic heterocycles. The zero-order valence-corrected chi connectivity index (χ0v) is 36.6. The van der Waals surface area contributed by atoms with Crippen molar-refractivity contribution in [2.45, 2.75) is 191 Å². The summed E-state index contributed by atoms with van der Waals surface area (Å²) in [6.07, 6.45) is 8.65. The number of carbonyl (C=O) groups is 4. The van der Waals surface area contributed by atoms with Crippen LogP contribution in [0.2, 0.25) is 0 Å². The number of aliphatic hydroxyl groups is 1. The fourth-order valence-electron chi connectivity index (χ4n) is 4.94. The summed E-state index contributed by atoms with van der Waals surface area (Å²) < 4.78 is 20.6. The van der Waals surface area contributed by atoms with Crippen molar-refractivity contribution >= 4 is 23.9 Å². The average molecular weight is 973 g/mol. The van der Waals surface area contributed by atoms with Gasteiger partial charge in [0.1, 0.15) is 32.0 Å². The number of aliphatic carboxylic acids is 1. The van der Waals surface area contributed by atoms with Gasteiger partial charge in [0.2, 0.25) is 0 Å². The van der Waals surface area contributed by atoms with Crippen LogP contribution < -0.4 is 0 Å². The molecule has 400 valence electrons. The second-order valence-electron chi connectivity index (χ2n) is 15.6. The van der Waals surface area contributed by atoms with E-state index in [1.54, 1.807) is 12.1 Å². The summed E-state index contributed by atoms with van der Waals surface area (Å²) >= 11 is 0. The monoisotopic (exact) mass is 973 g/mol. The SMILES string of the molecule is C.C.C.C.C.C.C.C.CCC(C)=CCC(C)(CC)C(=O)OCC(O)COC(=O)CCc1ccc(O)c(O)c1.CCC(C)=CCC(C)(CC)C(=O)OCC1CO1.O=C(O)CCc1ccc(O)c(O)c1. The van der Waals surface area contributed by atoms with Gasteiger partial charge in [-0.1, -0.05) is 123 Å². The molecule has 1 heterocycles. The van der Waals surface area contributed by atoms with Gasteiger partial charge in [0.15, 0.2) is 23.0 Å². The fraction of sp³-hybridized carbons (Fsp3) is 0.630. The quantitative estimate of drug-likeness (QED) is 0.0212. The molecule has 0 saturated carbocycles. The third-order valence-electron chi connectivity index (χ3n) is 10.4. The molecule has 1 fully saturated rings. The van der Waals surface area contributed by atoms with E-state index in [1.165, 1.54) is 35.4 Å². The molecule has 0 radical (unpaired) electrons. The standard InChI is InChI=1S/C23H34O7.C14H24O3.C9H10O4.8CH4/c1-5-16(3)11-12-23(4,6-2)22(28)30-15-18(24)14-29-21(27)10-8-17-7-9-19(25)20(26)13-17;1-5-11(3)7-8-14(4,6-2)13(15)17-10-12-9-16-12;10-7-3-1-6(5-8(7)11)2-4-9(12)13;;;;;;;;/h7,9,11,13,18,24-26H,5-6,8,10,12,14-15H2,1-4H3;7,12H,5-6,8-10H2,1-4H3;1,3,5,10-11H,2,4H2,(H,12,13);8*1H4. The van der Waals surface area contributed by atoms with E-state index in [-0.39, 0.29) is 127 Å². The van der Waals surface area contributed by atoms with Crippen LogP contribution >= 0.6 is 0 Å². The maximum atomic E-state index is 12.4. The van der Waals surface area contributed by atoms with Gasteiger partial charge < -0.3 is 49.6 Å². The molecular weight excluding hydrogens is 873 g/mol. The van der Waals surface area contributed by atoms with E-state index in [0.29, 0.717) is 43.4 Å². The molecule has 14 heteroatoms. The van der Waals surface area contributed by atoms with Crippen LogP contribution in [0, 0.1) is 10.8 Å². The van der Waals surface area contributed by atoms with Crippen LogP contribution in [0.15, 0.2) is 59.7 Å². The molecule has 0 aromatic heterocycles. The largest absolute Gasteiger partial charge is 0.504 e. The summed E-state index contributed by atoms with van der Waals surface area (Å²) in [5.74, 6) is -2.79. The first-order valence-electron chi connectivity index (χ1n) is 20.6. The van der Waals surface area contributed by atoms with Gasteiger partial charge in [-0.15, -0.1) is 0 Å². The first-order chi connectivity index (χ1) is 28.2. The minimum absolute atomic E-state index is 0. The van der Waals surface area contributed by atoms with E-state index >= 15 is 0 Å². The Morgan fingerprint density at radius 2 is 1.03 bits per heavy atom. The van der Waals surface area contributed by atoms with Crippen molar-refractivity contribution in [3.63, 3.8) is 0 Å². The van der Waals surface area contributed by atoms with Crippen molar-refractivity contribution in [2.24, 2.45) is 10.8 Å². The van der Waals surface area contributed by atoms with E-state index in [9.17, 15) is 34.5 Å². The predicted molar refractivity (Wildman–Crippen MR) is 280 cm³/mol. The normalized spacial score (nSPS) is 14.1. The Labute approximate surface area is 413 Å². The van der Waals surface area contributed by atoms with Crippen molar-refractivity contribution in [1.29, 1.82) is 0 Å². The van der Waals surface area contributed by atoms with Crippen LogP contribution in [0.1, 0.15) is 177 Å². The molecule has 2 aromatic carbocycles. The van der Waals surface area contributed by atoms with Gasteiger partial charge in [-0.25, -0.2) is 0 Å². The lowest BCUT2D eigenvalue weighted by atomic mass is 9.83. The number of esters is 3. The number of benzene rings is 2. The van der Waals surface area contributed by atoms with Crippen LogP contribution in [-0.2, 0) is 51.0 Å². The molecule has 0 bridgehead atoms. The minimum atomic E-state index is -1.11. The molecule has 68 heavy (non-hydrogen) atoms. The van der Waals surface area contributed by atoms with E-state index in [2.05, 4.69) is 26.8 Å². The number of phenolic OH excluding ortho intramolecular Hbond substituents is 4. The van der Waals surface area contributed by atoms with Gasteiger partial charge in [-0.05, 0) is 114 Å². The highest BCUT2D eigenvalue weighted by molar-refractivity contribution is 5.77. The molecule has 4 atom stereocenters. The number of aromatic hydroxyl groups is 4. The number of aryl methyl sites for hydroxylation is 2. The first kappa shape index (κ1) is 80.0. The van der Waals surface area contributed by atoms with Crippen LogP contribution in [0.25, 0.3) is 0 Å². The van der Waals surface area contributed by atoms with Crippen LogP contribution in [0.5, 0.6) is 23.0 Å². The Morgan fingerprint density at radius 1 is 0.647 bits per heavy atom. The van der Waals surface area contributed by atoms with Gasteiger partial charge in [0, 0.05) is 12.8 Å². The molecule has 3 rings (SSSR count). The molecule has 0 spiro atoms. The zero-order chi connectivity index (χ0) is 45.5. The second-order valence-corrected chi connectivity index (χ2v) is 15.6. The van der Waals surface area contributed by atoms with Crippen molar-refractivity contribution in [1.82, 2.24) is 0 Å². The highest BCUT2D eigenvalue weighted by Crippen LogP contribution is 2.31. The molecule has 4 unspecified atom stereocenters. The number of rotatable bonds is 22. The Kier molecular flexibility index (Phi) is 48.2. The summed E-state index contributed by atoms with van der Waals surface area (Å²) in [6, 6.07) is 8.59. The highest BCUT2D eigenvalue weighted by atomic mass is 16.6. The van der Waals surface area contributed by atoms with Crippen molar-refractivity contribution in [3.05, 3.63) is 70.8 Å². The third kappa shape index (κ3) is 31.8. The molecular formula is C54H100O14. The molecule has 1 aliphatic rings. The number of carboxylic acids is 1. The number of phenols is 4. The Morgan fingerprint density at radius 3 is 1.38 bits per heavy atom. The Bertz CT molecular complexity index is 1730. The summed E-state index contributed by atoms with van der Waals surface area (Å²) in [6.45, 7) is 16.7. The van der Waals surface area contributed by atoms with Crippen LogP contribution in [0.3, 0.4) is 0 Å². The lowest BCUT2D eigenvalue weighted by molar-refractivity contribution is -0.160. The minimum Gasteiger partial charge on any atom is -0.504 e.